The largest absolute Gasteiger partial charge is 0.416 e. The highest BCUT2D eigenvalue weighted by Crippen LogP contribution is 2.31. The number of nitrogen functional groups attached to an aromatic ring is 1. The standard InChI is InChI=1S/C11H11F3N4/c1-16-5-9-7-4-6(11(12,13)14)2-3-8(7)17-10(15)18-9/h2-4,16H,5H2,1H3,(H2,15,17,18). The molecule has 0 fully saturated rings. The molecular formula is C11H11F3N4. The third kappa shape index (κ3) is 2.35. The number of nitrogens with two attached hydrogens (primary N) is 1. The van der Waals surface area contributed by atoms with Crippen LogP contribution < -0.4 is 11.1 Å². The number of hydrogen-bond donors (Lipinski definition) is 2. The molecule has 0 amide bonds. The number of fused-ring (bicyclic) bond motifs is 1. The highest BCUT2D eigenvalue weighted by molar-refractivity contribution is 5.82. The molecule has 1 aromatic carbocycles. The summed E-state index contributed by atoms with van der Waals surface area (Å²) in [6.45, 7) is 0.324. The number of nitrogens with one attached hydrogen (secondary N) is 1. The van der Waals surface area contributed by atoms with E-state index in [2.05, 4.69) is 15.3 Å². The summed E-state index contributed by atoms with van der Waals surface area (Å²) in [5.41, 5.74) is 5.64. The van der Waals surface area contributed by atoms with E-state index in [1.54, 1.807) is 7.05 Å². The Balaban J connectivity index is 2.66. The van der Waals surface area contributed by atoms with Gasteiger partial charge in [0.05, 0.1) is 16.8 Å². The molecule has 0 bridgehead atoms. The van der Waals surface area contributed by atoms with Crippen molar-refractivity contribution in [3.63, 3.8) is 0 Å². The second kappa shape index (κ2) is 4.41. The smallest absolute Gasteiger partial charge is 0.368 e. The summed E-state index contributed by atoms with van der Waals surface area (Å²) < 4.78 is 37.9. The highest BCUT2D eigenvalue weighted by Gasteiger charge is 2.30. The van der Waals surface area contributed by atoms with Gasteiger partial charge in [0, 0.05) is 11.9 Å². The first-order chi connectivity index (χ1) is 8.41. The lowest BCUT2D eigenvalue weighted by molar-refractivity contribution is -0.137. The molecular weight excluding hydrogens is 245 g/mol. The van der Waals surface area contributed by atoms with E-state index >= 15 is 0 Å². The number of alkyl halides is 3. The minimum absolute atomic E-state index is 0.0486. The van der Waals surface area contributed by atoms with Crippen molar-refractivity contribution in [3.8, 4) is 0 Å². The lowest BCUT2D eigenvalue weighted by Gasteiger charge is -2.10. The Morgan fingerprint density at radius 1 is 1.28 bits per heavy atom. The first-order valence-corrected chi connectivity index (χ1v) is 5.20. The predicted octanol–water partition coefficient (Wildman–Crippen LogP) is 1.95. The first kappa shape index (κ1) is 12.6. The summed E-state index contributed by atoms with van der Waals surface area (Å²) in [6.07, 6.45) is -4.38. The molecule has 0 aliphatic heterocycles. The van der Waals surface area contributed by atoms with Gasteiger partial charge in [0.25, 0.3) is 0 Å². The van der Waals surface area contributed by atoms with E-state index in [1.807, 2.05) is 0 Å². The van der Waals surface area contributed by atoms with Crippen LogP contribution in [-0.4, -0.2) is 17.0 Å². The Hall–Kier alpha value is -1.89. The second-order valence-corrected chi connectivity index (χ2v) is 3.79. The Morgan fingerprint density at radius 3 is 2.61 bits per heavy atom. The van der Waals surface area contributed by atoms with Gasteiger partial charge in [0.1, 0.15) is 0 Å². The maximum atomic E-state index is 12.6. The first-order valence-electron chi connectivity index (χ1n) is 5.20. The molecule has 4 nitrogen and oxygen atoms in total. The summed E-state index contributed by atoms with van der Waals surface area (Å²) >= 11 is 0. The minimum atomic E-state index is -4.38. The molecule has 0 aliphatic carbocycles. The van der Waals surface area contributed by atoms with Gasteiger partial charge in [0.15, 0.2) is 0 Å². The number of anilines is 1. The van der Waals surface area contributed by atoms with Crippen LogP contribution in [0, 0.1) is 0 Å². The molecule has 0 saturated carbocycles. The molecule has 0 spiro atoms. The van der Waals surface area contributed by atoms with Crippen LogP contribution in [0.2, 0.25) is 0 Å². The van der Waals surface area contributed by atoms with Gasteiger partial charge in [-0.3, -0.25) is 0 Å². The number of halogens is 3. The SMILES string of the molecule is CNCc1nc(N)nc2ccc(C(F)(F)F)cc12. The summed E-state index contributed by atoms with van der Waals surface area (Å²) in [7, 11) is 1.68. The molecule has 0 aliphatic rings. The maximum Gasteiger partial charge on any atom is 0.416 e. The van der Waals surface area contributed by atoms with Crippen molar-refractivity contribution < 1.29 is 13.2 Å². The minimum Gasteiger partial charge on any atom is -0.368 e. The molecule has 18 heavy (non-hydrogen) atoms. The van der Waals surface area contributed by atoms with Gasteiger partial charge < -0.3 is 11.1 Å². The van der Waals surface area contributed by atoms with Gasteiger partial charge in [-0.2, -0.15) is 13.2 Å². The molecule has 96 valence electrons. The van der Waals surface area contributed by atoms with Crippen LogP contribution in [0.5, 0.6) is 0 Å². The zero-order valence-electron chi connectivity index (χ0n) is 9.54. The van der Waals surface area contributed by atoms with Crippen molar-refractivity contribution in [3.05, 3.63) is 29.5 Å². The van der Waals surface area contributed by atoms with E-state index in [-0.39, 0.29) is 5.95 Å². The van der Waals surface area contributed by atoms with Crippen molar-refractivity contribution in [2.45, 2.75) is 12.7 Å². The second-order valence-electron chi connectivity index (χ2n) is 3.79. The van der Waals surface area contributed by atoms with E-state index < -0.39 is 11.7 Å². The van der Waals surface area contributed by atoms with E-state index in [9.17, 15) is 13.2 Å². The van der Waals surface area contributed by atoms with Crippen molar-refractivity contribution in [1.29, 1.82) is 0 Å². The highest BCUT2D eigenvalue weighted by atomic mass is 19.4. The molecule has 0 unspecified atom stereocenters. The molecule has 1 heterocycles. The van der Waals surface area contributed by atoms with Crippen LogP contribution in [0.25, 0.3) is 10.9 Å². The van der Waals surface area contributed by atoms with Crippen LogP contribution in [0.3, 0.4) is 0 Å². The van der Waals surface area contributed by atoms with Gasteiger partial charge in [-0.15, -0.1) is 0 Å². The molecule has 1 aromatic heterocycles. The van der Waals surface area contributed by atoms with Crippen molar-refractivity contribution >= 4 is 16.9 Å². The van der Waals surface area contributed by atoms with Crippen molar-refractivity contribution in [1.82, 2.24) is 15.3 Å². The van der Waals surface area contributed by atoms with Crippen LogP contribution in [0.1, 0.15) is 11.3 Å². The fourth-order valence-corrected chi connectivity index (χ4v) is 1.69. The Kier molecular flexibility index (Phi) is 3.08. The normalized spacial score (nSPS) is 12.0. The number of aromatic nitrogens is 2. The van der Waals surface area contributed by atoms with Crippen molar-refractivity contribution in [2.75, 3.05) is 12.8 Å². The number of hydrogen-bond acceptors (Lipinski definition) is 4. The Morgan fingerprint density at radius 2 is 2.00 bits per heavy atom. The monoisotopic (exact) mass is 256 g/mol. The summed E-state index contributed by atoms with van der Waals surface area (Å²) in [5, 5.41) is 3.19. The Labute approximate surface area is 101 Å². The van der Waals surface area contributed by atoms with Gasteiger partial charge in [-0.05, 0) is 25.2 Å². The van der Waals surface area contributed by atoms with Gasteiger partial charge in [0.2, 0.25) is 5.95 Å². The number of rotatable bonds is 2. The molecule has 3 N–H and O–H groups in total. The lowest BCUT2D eigenvalue weighted by Crippen LogP contribution is -2.11. The quantitative estimate of drug-likeness (QED) is 0.862. The van der Waals surface area contributed by atoms with Gasteiger partial charge >= 0.3 is 6.18 Å². The number of nitrogens with zero attached hydrogens (tertiary/aromatic N) is 2. The third-order valence-electron chi connectivity index (χ3n) is 2.46. The van der Waals surface area contributed by atoms with E-state index in [0.717, 1.165) is 12.1 Å². The summed E-state index contributed by atoms with van der Waals surface area (Å²) in [6, 6.07) is 3.33. The van der Waals surface area contributed by atoms with Crippen LogP contribution in [0.4, 0.5) is 19.1 Å². The summed E-state index contributed by atoms with van der Waals surface area (Å²) in [5.74, 6) is 0.0486. The molecule has 0 atom stereocenters. The molecule has 2 aromatic rings. The van der Waals surface area contributed by atoms with Gasteiger partial charge in [-0.1, -0.05) is 0 Å². The van der Waals surface area contributed by atoms with Crippen molar-refractivity contribution in [2.24, 2.45) is 0 Å². The molecule has 7 heteroatoms. The van der Waals surface area contributed by atoms with Gasteiger partial charge in [-0.25, -0.2) is 9.97 Å². The van der Waals surface area contributed by atoms with Crippen LogP contribution >= 0.6 is 0 Å². The average Bonchev–Trinajstić information content (AvgIpc) is 2.27. The molecule has 0 radical (unpaired) electrons. The third-order valence-corrected chi connectivity index (χ3v) is 2.46. The van der Waals surface area contributed by atoms with E-state index in [4.69, 9.17) is 5.73 Å². The van der Waals surface area contributed by atoms with E-state index in [0.29, 0.717) is 23.1 Å². The molecule has 0 saturated heterocycles. The molecule has 2 rings (SSSR count). The lowest BCUT2D eigenvalue weighted by atomic mass is 10.1. The van der Waals surface area contributed by atoms with Crippen LogP contribution in [-0.2, 0) is 12.7 Å². The number of benzene rings is 1. The Bertz CT molecular complexity index is 580. The summed E-state index contributed by atoms with van der Waals surface area (Å²) in [4.78, 5) is 7.86. The van der Waals surface area contributed by atoms with Crippen LogP contribution in [0.15, 0.2) is 18.2 Å². The average molecular weight is 256 g/mol. The maximum absolute atomic E-state index is 12.6. The zero-order valence-corrected chi connectivity index (χ0v) is 9.54. The predicted molar refractivity (Wildman–Crippen MR) is 61.7 cm³/mol. The fourth-order valence-electron chi connectivity index (χ4n) is 1.69. The topological polar surface area (TPSA) is 63.8 Å². The zero-order chi connectivity index (χ0) is 13.3. The fraction of sp³-hybridized carbons (Fsp3) is 0.273. The van der Waals surface area contributed by atoms with E-state index in [1.165, 1.54) is 6.07 Å².